The van der Waals surface area contributed by atoms with Crippen molar-refractivity contribution in [1.82, 2.24) is 0 Å². The van der Waals surface area contributed by atoms with Crippen LogP contribution in [-0.2, 0) is 9.47 Å². The Balaban J connectivity index is 1.58. The molecule has 16 heavy (non-hydrogen) atoms. The van der Waals surface area contributed by atoms with Crippen molar-refractivity contribution in [3.05, 3.63) is 24.3 Å². The Hall–Kier alpha value is -1.26. The average Bonchev–Trinajstić information content (AvgIpc) is 3.17. The molecule has 2 atom stereocenters. The molecule has 2 aliphatic heterocycles. The van der Waals surface area contributed by atoms with Crippen molar-refractivity contribution in [2.24, 2.45) is 0 Å². The molecule has 2 fully saturated rings. The summed E-state index contributed by atoms with van der Waals surface area (Å²) in [6.45, 7) is 2.80. The molecule has 0 bridgehead atoms. The first-order chi connectivity index (χ1) is 7.92. The molecule has 0 aromatic heterocycles. The fraction of sp³-hybridized carbons (Fsp3) is 0.500. The van der Waals surface area contributed by atoms with Crippen molar-refractivity contribution in [3.63, 3.8) is 0 Å². The van der Waals surface area contributed by atoms with E-state index in [-0.39, 0.29) is 12.2 Å². The van der Waals surface area contributed by atoms with Gasteiger partial charge < -0.3 is 18.9 Å². The van der Waals surface area contributed by atoms with E-state index in [9.17, 15) is 0 Å². The van der Waals surface area contributed by atoms with Crippen molar-refractivity contribution in [1.29, 1.82) is 0 Å². The molecular formula is C12H14O4. The number of benzene rings is 1. The summed E-state index contributed by atoms with van der Waals surface area (Å²) >= 11 is 0. The zero-order valence-corrected chi connectivity index (χ0v) is 8.93. The lowest BCUT2D eigenvalue weighted by molar-refractivity contribution is 0.228. The Bertz CT molecular complexity index is 323. The molecule has 0 unspecified atom stereocenters. The molecule has 0 aliphatic carbocycles. The van der Waals surface area contributed by atoms with E-state index in [0.29, 0.717) is 13.2 Å². The second kappa shape index (κ2) is 4.31. The molecule has 2 heterocycles. The lowest BCUT2D eigenvalue weighted by Gasteiger charge is -2.10. The standard InChI is InChI=1S/C12H14O4/c1-2-4-12(16-8-10-6-14-10)11(3-1)15-7-9-5-13-9/h1-4,9-10H,5-8H2/t9-,10+. The summed E-state index contributed by atoms with van der Waals surface area (Å²) in [5.41, 5.74) is 0. The summed E-state index contributed by atoms with van der Waals surface area (Å²) in [7, 11) is 0. The van der Waals surface area contributed by atoms with Crippen LogP contribution in [0.5, 0.6) is 11.5 Å². The minimum absolute atomic E-state index is 0.264. The largest absolute Gasteiger partial charge is 0.487 e. The van der Waals surface area contributed by atoms with Gasteiger partial charge in [0.25, 0.3) is 0 Å². The van der Waals surface area contributed by atoms with Crippen LogP contribution in [0.25, 0.3) is 0 Å². The summed E-state index contributed by atoms with van der Waals surface area (Å²) in [5, 5.41) is 0. The van der Waals surface area contributed by atoms with E-state index in [1.807, 2.05) is 24.3 Å². The Morgan fingerprint density at radius 2 is 1.38 bits per heavy atom. The summed E-state index contributed by atoms with van der Waals surface area (Å²) in [6, 6.07) is 7.68. The van der Waals surface area contributed by atoms with E-state index >= 15 is 0 Å². The van der Waals surface area contributed by atoms with Gasteiger partial charge in [-0.25, -0.2) is 0 Å². The molecule has 0 saturated carbocycles. The number of hydrogen-bond acceptors (Lipinski definition) is 4. The van der Waals surface area contributed by atoms with Gasteiger partial charge in [-0.2, -0.15) is 0 Å². The van der Waals surface area contributed by atoms with Gasteiger partial charge in [-0.15, -0.1) is 0 Å². The van der Waals surface area contributed by atoms with Crippen LogP contribution in [0.1, 0.15) is 0 Å². The van der Waals surface area contributed by atoms with Crippen LogP contribution in [-0.4, -0.2) is 38.6 Å². The molecule has 0 amide bonds. The summed E-state index contributed by atoms with van der Waals surface area (Å²) in [5.74, 6) is 1.55. The van der Waals surface area contributed by atoms with Crippen LogP contribution in [0.4, 0.5) is 0 Å². The van der Waals surface area contributed by atoms with Gasteiger partial charge in [-0.3, -0.25) is 0 Å². The van der Waals surface area contributed by atoms with Crippen LogP contribution < -0.4 is 9.47 Å². The summed E-state index contributed by atoms with van der Waals surface area (Å²) in [4.78, 5) is 0. The highest BCUT2D eigenvalue weighted by atomic mass is 16.6. The van der Waals surface area contributed by atoms with Crippen LogP contribution in [0, 0.1) is 0 Å². The van der Waals surface area contributed by atoms with E-state index in [1.165, 1.54) is 0 Å². The number of epoxide rings is 2. The van der Waals surface area contributed by atoms with Gasteiger partial charge >= 0.3 is 0 Å². The summed E-state index contributed by atoms with van der Waals surface area (Å²) < 4.78 is 21.4. The second-order valence-electron chi connectivity index (χ2n) is 3.98. The fourth-order valence-corrected chi connectivity index (χ4v) is 1.38. The monoisotopic (exact) mass is 222 g/mol. The molecule has 1 aromatic carbocycles. The molecule has 2 aliphatic rings. The molecule has 1 aromatic rings. The molecule has 86 valence electrons. The normalized spacial score (nSPS) is 26.2. The van der Waals surface area contributed by atoms with Gasteiger partial charge in [-0.1, -0.05) is 12.1 Å². The number of hydrogen-bond donors (Lipinski definition) is 0. The van der Waals surface area contributed by atoms with Gasteiger partial charge in [0, 0.05) is 0 Å². The first kappa shape index (κ1) is 9.93. The van der Waals surface area contributed by atoms with Crippen molar-refractivity contribution in [3.8, 4) is 11.5 Å². The topological polar surface area (TPSA) is 43.5 Å². The third kappa shape index (κ3) is 2.65. The highest BCUT2D eigenvalue weighted by Crippen LogP contribution is 2.28. The Kier molecular flexibility index (Phi) is 2.68. The van der Waals surface area contributed by atoms with Crippen LogP contribution >= 0.6 is 0 Å². The maximum atomic E-state index is 5.62. The van der Waals surface area contributed by atoms with Gasteiger partial charge in [0.05, 0.1) is 13.2 Å². The number of ether oxygens (including phenoxy) is 4. The van der Waals surface area contributed by atoms with E-state index in [0.717, 1.165) is 24.7 Å². The molecule has 4 heteroatoms. The van der Waals surface area contributed by atoms with Crippen molar-refractivity contribution in [2.75, 3.05) is 26.4 Å². The molecule has 0 N–H and O–H groups in total. The molecule has 2 saturated heterocycles. The maximum absolute atomic E-state index is 5.62. The van der Waals surface area contributed by atoms with Crippen molar-refractivity contribution in [2.45, 2.75) is 12.2 Å². The lowest BCUT2D eigenvalue weighted by atomic mass is 10.3. The second-order valence-corrected chi connectivity index (χ2v) is 3.98. The number of para-hydroxylation sites is 2. The highest BCUT2D eigenvalue weighted by molar-refractivity contribution is 5.39. The van der Waals surface area contributed by atoms with Gasteiger partial charge in [0.2, 0.25) is 0 Å². The average molecular weight is 222 g/mol. The zero-order valence-electron chi connectivity index (χ0n) is 8.93. The predicted octanol–water partition coefficient (Wildman–Crippen LogP) is 1.24. The minimum Gasteiger partial charge on any atom is -0.487 e. The maximum Gasteiger partial charge on any atom is 0.161 e. The fourth-order valence-electron chi connectivity index (χ4n) is 1.38. The third-order valence-corrected chi connectivity index (χ3v) is 2.50. The molecular weight excluding hydrogens is 208 g/mol. The number of rotatable bonds is 6. The Morgan fingerprint density at radius 3 is 1.75 bits per heavy atom. The Labute approximate surface area is 94.1 Å². The van der Waals surface area contributed by atoms with Crippen molar-refractivity contribution < 1.29 is 18.9 Å². The van der Waals surface area contributed by atoms with Crippen LogP contribution in [0.3, 0.4) is 0 Å². The van der Waals surface area contributed by atoms with Gasteiger partial charge in [0.15, 0.2) is 11.5 Å². The smallest absolute Gasteiger partial charge is 0.161 e. The molecule has 3 rings (SSSR count). The first-order valence-electron chi connectivity index (χ1n) is 5.49. The zero-order chi connectivity index (χ0) is 10.8. The van der Waals surface area contributed by atoms with Gasteiger partial charge in [0.1, 0.15) is 25.4 Å². The van der Waals surface area contributed by atoms with Crippen molar-refractivity contribution >= 4 is 0 Å². The van der Waals surface area contributed by atoms with Crippen LogP contribution in [0.2, 0.25) is 0 Å². The minimum atomic E-state index is 0.264. The van der Waals surface area contributed by atoms with E-state index in [4.69, 9.17) is 18.9 Å². The third-order valence-electron chi connectivity index (χ3n) is 2.50. The van der Waals surface area contributed by atoms with E-state index < -0.39 is 0 Å². The van der Waals surface area contributed by atoms with E-state index in [1.54, 1.807) is 0 Å². The molecule has 0 spiro atoms. The quantitative estimate of drug-likeness (QED) is 0.679. The Morgan fingerprint density at radius 1 is 0.938 bits per heavy atom. The predicted molar refractivity (Wildman–Crippen MR) is 56.9 cm³/mol. The summed E-state index contributed by atoms with van der Waals surface area (Å²) in [6.07, 6.45) is 0.527. The van der Waals surface area contributed by atoms with E-state index in [2.05, 4.69) is 0 Å². The molecule has 4 nitrogen and oxygen atoms in total. The first-order valence-corrected chi connectivity index (χ1v) is 5.49. The van der Waals surface area contributed by atoms with Crippen LogP contribution in [0.15, 0.2) is 24.3 Å². The molecule has 0 radical (unpaired) electrons. The lowest BCUT2D eigenvalue weighted by Crippen LogP contribution is -2.08. The highest BCUT2D eigenvalue weighted by Gasteiger charge is 2.25. The SMILES string of the molecule is c1ccc(OC[C@H]2CO2)c(OC[C@@H]2CO2)c1. The van der Waals surface area contributed by atoms with Gasteiger partial charge in [-0.05, 0) is 12.1 Å².